The van der Waals surface area contributed by atoms with E-state index in [0.29, 0.717) is 12.2 Å². The van der Waals surface area contributed by atoms with Crippen LogP contribution in [0.5, 0.6) is 0 Å². The summed E-state index contributed by atoms with van der Waals surface area (Å²) < 4.78 is 10.4. The van der Waals surface area contributed by atoms with Crippen LogP contribution in [0.15, 0.2) is 24.3 Å². The molecule has 3 nitrogen and oxygen atoms in total. The molecule has 0 unspecified atom stereocenters. The van der Waals surface area contributed by atoms with E-state index in [0.717, 1.165) is 5.56 Å². The van der Waals surface area contributed by atoms with Gasteiger partial charge in [-0.25, -0.2) is 4.79 Å². The summed E-state index contributed by atoms with van der Waals surface area (Å²) in [5.41, 5.74) is 1.20. The van der Waals surface area contributed by atoms with E-state index in [1.54, 1.807) is 6.07 Å². The predicted molar refractivity (Wildman–Crippen MR) is 62.3 cm³/mol. The SMILES string of the molecule is COC(=O)c1ccccc1COC(C)(C)C. The standard InChI is InChI=1S/C13H18O3/c1-13(2,3)16-9-10-7-5-6-8-11(10)12(14)15-4/h5-8H,9H2,1-4H3. The highest BCUT2D eigenvalue weighted by atomic mass is 16.5. The minimum absolute atomic E-state index is 0.219. The van der Waals surface area contributed by atoms with Crippen molar-refractivity contribution in [3.63, 3.8) is 0 Å². The van der Waals surface area contributed by atoms with Crippen LogP contribution in [0.4, 0.5) is 0 Å². The van der Waals surface area contributed by atoms with Crippen molar-refractivity contribution in [3.05, 3.63) is 35.4 Å². The largest absolute Gasteiger partial charge is 0.465 e. The molecule has 0 saturated carbocycles. The molecule has 0 saturated heterocycles. The van der Waals surface area contributed by atoms with E-state index < -0.39 is 0 Å². The summed E-state index contributed by atoms with van der Waals surface area (Å²) in [4.78, 5) is 11.5. The van der Waals surface area contributed by atoms with Gasteiger partial charge in [0.15, 0.2) is 0 Å². The Hall–Kier alpha value is -1.35. The lowest BCUT2D eigenvalue weighted by Gasteiger charge is -2.20. The Morgan fingerprint density at radius 3 is 2.44 bits per heavy atom. The lowest BCUT2D eigenvalue weighted by Crippen LogP contribution is -2.19. The van der Waals surface area contributed by atoms with Crippen molar-refractivity contribution >= 4 is 5.97 Å². The number of hydrogen-bond acceptors (Lipinski definition) is 3. The molecule has 0 aliphatic rings. The highest BCUT2D eigenvalue weighted by Crippen LogP contribution is 2.15. The van der Waals surface area contributed by atoms with Gasteiger partial charge in [-0.15, -0.1) is 0 Å². The van der Waals surface area contributed by atoms with Gasteiger partial charge >= 0.3 is 5.97 Å². The summed E-state index contributed by atoms with van der Waals surface area (Å²) in [7, 11) is 1.38. The number of carbonyl (C=O) groups is 1. The fraction of sp³-hybridized carbons (Fsp3) is 0.462. The summed E-state index contributed by atoms with van der Waals surface area (Å²) in [5.74, 6) is -0.326. The zero-order valence-electron chi connectivity index (χ0n) is 10.2. The van der Waals surface area contributed by atoms with Crippen molar-refractivity contribution in [3.8, 4) is 0 Å². The zero-order valence-corrected chi connectivity index (χ0v) is 10.2. The number of esters is 1. The van der Waals surface area contributed by atoms with E-state index in [1.807, 2.05) is 39.0 Å². The summed E-state index contributed by atoms with van der Waals surface area (Å²) in [6.07, 6.45) is 0. The van der Waals surface area contributed by atoms with Crippen LogP contribution in [0.1, 0.15) is 36.7 Å². The third kappa shape index (κ3) is 3.66. The molecule has 3 heteroatoms. The lowest BCUT2D eigenvalue weighted by atomic mass is 10.1. The molecule has 88 valence electrons. The molecule has 1 aromatic rings. The Morgan fingerprint density at radius 2 is 1.88 bits per heavy atom. The maximum atomic E-state index is 11.5. The van der Waals surface area contributed by atoms with Gasteiger partial charge in [0.05, 0.1) is 24.9 Å². The summed E-state index contributed by atoms with van der Waals surface area (Å²) in [6.45, 7) is 6.35. The Labute approximate surface area is 96.4 Å². The maximum absolute atomic E-state index is 11.5. The van der Waals surface area contributed by atoms with Gasteiger partial charge in [0.2, 0.25) is 0 Å². The van der Waals surface area contributed by atoms with E-state index in [9.17, 15) is 4.79 Å². The van der Waals surface area contributed by atoms with Crippen LogP contribution in [0, 0.1) is 0 Å². The third-order valence-corrected chi connectivity index (χ3v) is 2.08. The van der Waals surface area contributed by atoms with E-state index in [4.69, 9.17) is 9.47 Å². The highest BCUT2D eigenvalue weighted by Gasteiger charge is 2.14. The number of rotatable bonds is 3. The normalized spacial score (nSPS) is 11.2. The fourth-order valence-electron chi connectivity index (χ4n) is 1.25. The number of hydrogen-bond donors (Lipinski definition) is 0. The summed E-state index contributed by atoms with van der Waals surface area (Å²) in [5, 5.41) is 0. The third-order valence-electron chi connectivity index (χ3n) is 2.08. The molecule has 0 amide bonds. The van der Waals surface area contributed by atoms with Crippen LogP contribution in [0.3, 0.4) is 0 Å². The second-order valence-electron chi connectivity index (χ2n) is 4.55. The van der Waals surface area contributed by atoms with Crippen molar-refractivity contribution in [2.75, 3.05) is 7.11 Å². The first-order valence-electron chi connectivity index (χ1n) is 5.24. The van der Waals surface area contributed by atoms with Crippen LogP contribution < -0.4 is 0 Å². The molecule has 0 aromatic heterocycles. The quantitative estimate of drug-likeness (QED) is 0.738. The van der Waals surface area contributed by atoms with Crippen molar-refractivity contribution in [1.82, 2.24) is 0 Å². The number of benzene rings is 1. The first-order valence-corrected chi connectivity index (χ1v) is 5.24. The Morgan fingerprint density at radius 1 is 1.25 bits per heavy atom. The first-order chi connectivity index (χ1) is 7.44. The molecule has 0 radical (unpaired) electrons. The van der Waals surface area contributed by atoms with Gasteiger partial charge in [0, 0.05) is 0 Å². The molecule has 0 atom stereocenters. The van der Waals surface area contributed by atoms with Crippen molar-refractivity contribution in [1.29, 1.82) is 0 Å². The average molecular weight is 222 g/mol. The van der Waals surface area contributed by atoms with Gasteiger partial charge in [-0.3, -0.25) is 0 Å². The second kappa shape index (κ2) is 5.12. The van der Waals surface area contributed by atoms with Gasteiger partial charge in [0.1, 0.15) is 0 Å². The maximum Gasteiger partial charge on any atom is 0.338 e. The van der Waals surface area contributed by atoms with Gasteiger partial charge in [-0.05, 0) is 32.4 Å². The van der Waals surface area contributed by atoms with Crippen LogP contribution in [-0.4, -0.2) is 18.7 Å². The average Bonchev–Trinajstić information content (AvgIpc) is 2.25. The summed E-state index contributed by atoms with van der Waals surface area (Å²) in [6, 6.07) is 7.31. The predicted octanol–water partition coefficient (Wildman–Crippen LogP) is 2.79. The van der Waals surface area contributed by atoms with E-state index in [2.05, 4.69) is 0 Å². The second-order valence-corrected chi connectivity index (χ2v) is 4.55. The minimum atomic E-state index is -0.326. The molecule has 1 aromatic carbocycles. The molecule has 1 rings (SSSR count). The number of ether oxygens (including phenoxy) is 2. The zero-order chi connectivity index (χ0) is 12.2. The molecule has 16 heavy (non-hydrogen) atoms. The van der Waals surface area contributed by atoms with Gasteiger partial charge in [0.25, 0.3) is 0 Å². The van der Waals surface area contributed by atoms with Crippen molar-refractivity contribution in [2.24, 2.45) is 0 Å². The molecule has 0 heterocycles. The van der Waals surface area contributed by atoms with Crippen LogP contribution in [0.25, 0.3) is 0 Å². The fourth-order valence-corrected chi connectivity index (χ4v) is 1.25. The molecule has 0 fully saturated rings. The molecule has 0 bridgehead atoms. The topological polar surface area (TPSA) is 35.5 Å². The molecule has 0 aliphatic carbocycles. The van der Waals surface area contributed by atoms with Crippen molar-refractivity contribution < 1.29 is 14.3 Å². The Kier molecular flexibility index (Phi) is 4.07. The number of methoxy groups -OCH3 is 1. The van der Waals surface area contributed by atoms with E-state index in [-0.39, 0.29) is 11.6 Å². The monoisotopic (exact) mass is 222 g/mol. The van der Waals surface area contributed by atoms with E-state index >= 15 is 0 Å². The van der Waals surface area contributed by atoms with Gasteiger partial charge < -0.3 is 9.47 Å². The number of carbonyl (C=O) groups excluding carboxylic acids is 1. The first kappa shape index (κ1) is 12.7. The molecular formula is C13H18O3. The minimum Gasteiger partial charge on any atom is -0.465 e. The highest BCUT2D eigenvalue weighted by molar-refractivity contribution is 5.90. The molecule has 0 aliphatic heterocycles. The van der Waals surface area contributed by atoms with Gasteiger partial charge in [-0.2, -0.15) is 0 Å². The Bertz CT molecular complexity index is 364. The van der Waals surface area contributed by atoms with Crippen molar-refractivity contribution in [2.45, 2.75) is 33.0 Å². The molecule has 0 N–H and O–H groups in total. The molecular weight excluding hydrogens is 204 g/mol. The van der Waals surface area contributed by atoms with E-state index in [1.165, 1.54) is 7.11 Å². The van der Waals surface area contributed by atoms with Crippen LogP contribution >= 0.6 is 0 Å². The Balaban J connectivity index is 2.83. The lowest BCUT2D eigenvalue weighted by molar-refractivity contribution is -0.0154. The molecule has 0 spiro atoms. The van der Waals surface area contributed by atoms with Crippen LogP contribution in [-0.2, 0) is 16.1 Å². The summed E-state index contributed by atoms with van der Waals surface area (Å²) >= 11 is 0. The van der Waals surface area contributed by atoms with Gasteiger partial charge in [-0.1, -0.05) is 18.2 Å². The van der Waals surface area contributed by atoms with Crippen LogP contribution in [0.2, 0.25) is 0 Å². The smallest absolute Gasteiger partial charge is 0.338 e.